The Morgan fingerprint density at radius 3 is 2.63 bits per heavy atom. The summed E-state index contributed by atoms with van der Waals surface area (Å²) in [5, 5.41) is 0.519. The molecule has 9 heteroatoms. The summed E-state index contributed by atoms with van der Waals surface area (Å²) in [7, 11) is -3.15. The summed E-state index contributed by atoms with van der Waals surface area (Å²) < 4.78 is 25.6. The van der Waals surface area contributed by atoms with E-state index in [2.05, 4.69) is 19.9 Å². The highest BCUT2D eigenvalue weighted by Crippen LogP contribution is 2.30. The molecule has 0 unspecified atom stereocenters. The van der Waals surface area contributed by atoms with Crippen molar-refractivity contribution in [2.45, 2.75) is 6.92 Å². The van der Waals surface area contributed by atoms with E-state index in [-0.39, 0.29) is 5.75 Å². The van der Waals surface area contributed by atoms with Crippen LogP contribution in [0.5, 0.6) is 0 Å². The van der Waals surface area contributed by atoms with E-state index in [1.807, 2.05) is 30.3 Å². The maximum absolute atomic E-state index is 12.0. The summed E-state index contributed by atoms with van der Waals surface area (Å²) in [5.74, 6) is 1.59. The van der Waals surface area contributed by atoms with E-state index >= 15 is 0 Å². The molecule has 0 spiro atoms. The van der Waals surface area contributed by atoms with Crippen LogP contribution in [0.2, 0.25) is 5.02 Å². The topological polar surface area (TPSA) is 82.2 Å². The highest BCUT2D eigenvalue weighted by molar-refractivity contribution is 7.89. The number of pyridine rings is 1. The summed E-state index contributed by atoms with van der Waals surface area (Å²) >= 11 is 6.37. The molecule has 0 aliphatic carbocycles. The molecule has 1 aliphatic heterocycles. The van der Waals surface area contributed by atoms with Crippen LogP contribution < -0.4 is 4.90 Å². The number of nitrogens with one attached hydrogen (secondary N) is 1. The molecular formula is C18H20ClN5O2S. The predicted octanol–water partition coefficient (Wildman–Crippen LogP) is 2.75. The molecule has 1 fully saturated rings. The van der Waals surface area contributed by atoms with Gasteiger partial charge in [-0.2, -0.15) is 4.31 Å². The molecule has 0 saturated carbocycles. The Bertz CT molecular complexity index is 1040. The van der Waals surface area contributed by atoms with Crippen molar-refractivity contribution < 1.29 is 8.42 Å². The van der Waals surface area contributed by atoms with E-state index in [1.54, 1.807) is 17.4 Å². The minimum atomic E-state index is -3.15. The van der Waals surface area contributed by atoms with Gasteiger partial charge in [0.15, 0.2) is 0 Å². The van der Waals surface area contributed by atoms with Crippen LogP contribution in [0.3, 0.4) is 0 Å². The number of aromatic amines is 1. The first kappa shape index (κ1) is 18.2. The fraction of sp³-hybridized carbons (Fsp3) is 0.333. The number of fused-ring (bicyclic) bond motifs is 1. The predicted molar refractivity (Wildman–Crippen MR) is 108 cm³/mol. The van der Waals surface area contributed by atoms with Gasteiger partial charge in [0.2, 0.25) is 10.0 Å². The molecule has 1 saturated heterocycles. The van der Waals surface area contributed by atoms with Gasteiger partial charge in [-0.15, -0.1) is 0 Å². The lowest BCUT2D eigenvalue weighted by Crippen LogP contribution is -2.49. The number of rotatable bonds is 4. The Balaban J connectivity index is 1.60. The van der Waals surface area contributed by atoms with Crippen molar-refractivity contribution in [1.82, 2.24) is 19.3 Å². The van der Waals surface area contributed by atoms with Gasteiger partial charge in [-0.3, -0.25) is 0 Å². The van der Waals surface area contributed by atoms with Crippen molar-refractivity contribution in [3.05, 3.63) is 41.6 Å². The largest absolute Gasteiger partial charge is 0.354 e. The van der Waals surface area contributed by atoms with Crippen LogP contribution in [0.4, 0.5) is 5.82 Å². The van der Waals surface area contributed by atoms with Gasteiger partial charge >= 0.3 is 0 Å². The molecular weight excluding hydrogens is 386 g/mol. The zero-order valence-electron chi connectivity index (χ0n) is 14.9. The third-order valence-corrected chi connectivity index (χ3v) is 6.99. The van der Waals surface area contributed by atoms with Crippen molar-refractivity contribution >= 4 is 38.5 Å². The molecule has 0 bridgehead atoms. The molecule has 2 aromatic heterocycles. The lowest BCUT2D eigenvalue weighted by atomic mass is 10.2. The number of hydrogen-bond donors (Lipinski definition) is 1. The second-order valence-electron chi connectivity index (χ2n) is 6.41. The molecule has 1 aromatic carbocycles. The minimum Gasteiger partial charge on any atom is -0.354 e. The van der Waals surface area contributed by atoms with E-state index < -0.39 is 10.0 Å². The Morgan fingerprint density at radius 2 is 1.93 bits per heavy atom. The molecule has 0 radical (unpaired) electrons. The average Bonchev–Trinajstić information content (AvgIpc) is 3.12. The number of anilines is 1. The number of para-hydroxylation sites is 2. The number of halogens is 1. The van der Waals surface area contributed by atoms with Crippen LogP contribution in [-0.2, 0) is 10.0 Å². The van der Waals surface area contributed by atoms with Gasteiger partial charge < -0.3 is 9.88 Å². The van der Waals surface area contributed by atoms with Gasteiger partial charge in [0, 0.05) is 37.9 Å². The zero-order valence-corrected chi connectivity index (χ0v) is 16.5. The lowest BCUT2D eigenvalue weighted by Gasteiger charge is -2.34. The molecule has 142 valence electrons. The van der Waals surface area contributed by atoms with Crippen LogP contribution >= 0.6 is 11.6 Å². The number of H-pyrrole nitrogens is 1. The molecule has 0 amide bonds. The normalized spacial score (nSPS) is 16.1. The van der Waals surface area contributed by atoms with E-state index in [4.69, 9.17) is 11.6 Å². The SMILES string of the molecule is CCS(=O)(=O)N1CCN(c2cc(-c3nc4ccccc4[nH]3)c(Cl)cn2)CC1. The van der Waals surface area contributed by atoms with Gasteiger partial charge in [0.05, 0.1) is 21.8 Å². The van der Waals surface area contributed by atoms with Crippen molar-refractivity contribution in [2.24, 2.45) is 0 Å². The third kappa shape index (κ3) is 3.52. The first-order valence-corrected chi connectivity index (χ1v) is 10.8. The van der Waals surface area contributed by atoms with Crippen molar-refractivity contribution in [2.75, 3.05) is 36.8 Å². The fourth-order valence-electron chi connectivity index (χ4n) is 3.24. The number of piperazine rings is 1. The van der Waals surface area contributed by atoms with Crippen LogP contribution in [0.25, 0.3) is 22.4 Å². The van der Waals surface area contributed by atoms with Crippen molar-refractivity contribution in [3.8, 4) is 11.4 Å². The monoisotopic (exact) mass is 405 g/mol. The van der Waals surface area contributed by atoms with E-state index in [0.717, 1.165) is 22.4 Å². The Labute approximate surface area is 163 Å². The summed E-state index contributed by atoms with van der Waals surface area (Å²) in [6, 6.07) is 9.71. The second kappa shape index (κ2) is 7.10. The Morgan fingerprint density at radius 1 is 1.19 bits per heavy atom. The lowest BCUT2D eigenvalue weighted by molar-refractivity contribution is 0.384. The molecule has 4 rings (SSSR count). The summed E-state index contributed by atoms with van der Waals surface area (Å²) in [5.41, 5.74) is 2.60. The molecule has 3 aromatic rings. The molecule has 27 heavy (non-hydrogen) atoms. The average molecular weight is 406 g/mol. The van der Waals surface area contributed by atoms with Gasteiger partial charge in [0.1, 0.15) is 11.6 Å². The van der Waals surface area contributed by atoms with Gasteiger partial charge in [-0.25, -0.2) is 18.4 Å². The number of nitrogens with zero attached hydrogens (tertiary/aromatic N) is 4. The molecule has 7 nitrogen and oxygen atoms in total. The highest BCUT2D eigenvalue weighted by Gasteiger charge is 2.26. The van der Waals surface area contributed by atoms with Crippen LogP contribution in [0.1, 0.15) is 6.92 Å². The van der Waals surface area contributed by atoms with Crippen molar-refractivity contribution in [1.29, 1.82) is 0 Å². The van der Waals surface area contributed by atoms with E-state index in [1.165, 1.54) is 0 Å². The quantitative estimate of drug-likeness (QED) is 0.721. The number of imidazole rings is 1. The highest BCUT2D eigenvalue weighted by atomic mass is 35.5. The standard InChI is InChI=1S/C18H20ClN5O2S/c1-2-27(25,26)24-9-7-23(8-10-24)17-11-13(14(19)12-20-17)18-21-15-5-3-4-6-16(15)22-18/h3-6,11-12H,2,7-10H2,1H3,(H,21,22). The van der Waals surface area contributed by atoms with Crippen LogP contribution in [0, 0.1) is 0 Å². The first-order chi connectivity index (χ1) is 13.0. The van der Waals surface area contributed by atoms with Gasteiger partial charge in [0.25, 0.3) is 0 Å². The first-order valence-electron chi connectivity index (χ1n) is 8.81. The molecule has 3 heterocycles. The number of sulfonamides is 1. The maximum atomic E-state index is 12.0. The van der Waals surface area contributed by atoms with Crippen LogP contribution in [-0.4, -0.2) is 59.6 Å². The third-order valence-electron chi connectivity index (χ3n) is 4.81. The number of aromatic nitrogens is 3. The van der Waals surface area contributed by atoms with Gasteiger partial charge in [-0.1, -0.05) is 23.7 Å². The number of benzene rings is 1. The van der Waals surface area contributed by atoms with Crippen molar-refractivity contribution in [3.63, 3.8) is 0 Å². The zero-order chi connectivity index (χ0) is 19.0. The minimum absolute atomic E-state index is 0.127. The molecule has 0 atom stereocenters. The van der Waals surface area contributed by atoms with Gasteiger partial charge in [-0.05, 0) is 25.1 Å². The summed E-state index contributed by atoms with van der Waals surface area (Å²) in [6.07, 6.45) is 1.62. The molecule has 1 N–H and O–H groups in total. The number of hydrogen-bond acceptors (Lipinski definition) is 5. The smallest absolute Gasteiger partial charge is 0.213 e. The van der Waals surface area contributed by atoms with Crippen LogP contribution in [0.15, 0.2) is 36.5 Å². The Kier molecular flexibility index (Phi) is 4.79. The Hall–Kier alpha value is -2.16. The van der Waals surface area contributed by atoms with E-state index in [9.17, 15) is 8.42 Å². The fourth-order valence-corrected chi connectivity index (χ4v) is 4.52. The molecule has 1 aliphatic rings. The summed E-state index contributed by atoms with van der Waals surface area (Å²) in [6.45, 7) is 3.77. The van der Waals surface area contributed by atoms with E-state index in [0.29, 0.717) is 37.0 Å². The maximum Gasteiger partial charge on any atom is 0.213 e. The summed E-state index contributed by atoms with van der Waals surface area (Å²) in [4.78, 5) is 14.4. The second-order valence-corrected chi connectivity index (χ2v) is 9.08.